The predicted octanol–water partition coefficient (Wildman–Crippen LogP) is 0.844. The van der Waals surface area contributed by atoms with E-state index in [0.717, 1.165) is 38.0 Å². The minimum atomic E-state index is 0.0630. The van der Waals surface area contributed by atoms with Crippen LogP contribution in [0.2, 0.25) is 0 Å². The van der Waals surface area contributed by atoms with Gasteiger partial charge in [-0.1, -0.05) is 11.3 Å². The second kappa shape index (κ2) is 7.82. The molecule has 1 amide bonds. The van der Waals surface area contributed by atoms with Crippen LogP contribution in [0.15, 0.2) is 36.8 Å². The lowest BCUT2D eigenvalue weighted by Gasteiger charge is -2.31. The van der Waals surface area contributed by atoms with Crippen LogP contribution in [-0.4, -0.2) is 49.9 Å². The van der Waals surface area contributed by atoms with Crippen molar-refractivity contribution in [2.75, 3.05) is 13.1 Å². The lowest BCUT2D eigenvalue weighted by molar-refractivity contribution is -0.135. The van der Waals surface area contributed by atoms with Crippen molar-refractivity contribution in [3.8, 4) is 0 Å². The molecule has 1 fully saturated rings. The Hall–Kier alpha value is -2.28. The minimum absolute atomic E-state index is 0.0630. The number of nitrogens with one attached hydrogen (secondary N) is 1. The molecule has 2 aromatic rings. The fourth-order valence-corrected chi connectivity index (χ4v) is 2.95. The van der Waals surface area contributed by atoms with Gasteiger partial charge in [0.1, 0.15) is 6.54 Å². The van der Waals surface area contributed by atoms with Gasteiger partial charge in [0.2, 0.25) is 5.91 Å². The number of carbonyl (C=O) groups is 1. The van der Waals surface area contributed by atoms with Crippen molar-refractivity contribution in [2.24, 2.45) is 0 Å². The number of hydrogen-bond donors (Lipinski definition) is 1. The van der Waals surface area contributed by atoms with Gasteiger partial charge in [-0.3, -0.25) is 9.78 Å². The minimum Gasteiger partial charge on any atom is -0.332 e. The van der Waals surface area contributed by atoms with E-state index >= 15 is 0 Å². The van der Waals surface area contributed by atoms with Crippen molar-refractivity contribution in [1.82, 2.24) is 30.2 Å². The fraction of sp³-hybridized carbons (Fsp3) is 0.500. The average Bonchev–Trinajstić information content (AvgIpc) is 2.93. The molecule has 2 aromatic heterocycles. The molecule has 7 nitrogen and oxygen atoms in total. The summed E-state index contributed by atoms with van der Waals surface area (Å²) in [6.07, 6.45) is 8.14. The molecule has 7 heteroatoms. The van der Waals surface area contributed by atoms with Crippen LogP contribution >= 0.6 is 0 Å². The second-order valence-corrected chi connectivity index (χ2v) is 5.78. The van der Waals surface area contributed by atoms with E-state index in [1.165, 1.54) is 0 Å². The molecule has 0 aliphatic carbocycles. The van der Waals surface area contributed by atoms with E-state index in [1.807, 2.05) is 23.1 Å². The van der Waals surface area contributed by atoms with Crippen LogP contribution in [0.1, 0.15) is 25.0 Å². The molecule has 122 valence electrons. The van der Waals surface area contributed by atoms with Crippen LogP contribution in [0.3, 0.4) is 0 Å². The summed E-state index contributed by atoms with van der Waals surface area (Å²) in [5, 5.41) is 11.1. The molecular formula is C16H22N6O. The van der Waals surface area contributed by atoms with Crippen LogP contribution in [0, 0.1) is 0 Å². The van der Waals surface area contributed by atoms with Gasteiger partial charge < -0.3 is 10.2 Å². The zero-order chi connectivity index (χ0) is 15.9. The van der Waals surface area contributed by atoms with Crippen LogP contribution < -0.4 is 5.32 Å². The molecule has 3 rings (SSSR count). The summed E-state index contributed by atoms with van der Waals surface area (Å²) < 4.78 is 1.57. The van der Waals surface area contributed by atoms with Crippen molar-refractivity contribution in [3.63, 3.8) is 0 Å². The summed E-state index contributed by atoms with van der Waals surface area (Å²) in [5.74, 6) is 0.0630. The highest BCUT2D eigenvalue weighted by atomic mass is 16.2. The molecule has 0 saturated carbocycles. The Bertz CT molecular complexity index is 592. The molecular weight excluding hydrogens is 292 g/mol. The van der Waals surface area contributed by atoms with Crippen molar-refractivity contribution < 1.29 is 4.79 Å². The van der Waals surface area contributed by atoms with Gasteiger partial charge in [-0.25, -0.2) is 4.68 Å². The van der Waals surface area contributed by atoms with E-state index in [2.05, 4.69) is 20.6 Å². The van der Waals surface area contributed by atoms with E-state index in [9.17, 15) is 4.79 Å². The van der Waals surface area contributed by atoms with Crippen molar-refractivity contribution in [2.45, 2.75) is 38.4 Å². The molecule has 23 heavy (non-hydrogen) atoms. The van der Waals surface area contributed by atoms with Crippen molar-refractivity contribution >= 4 is 5.91 Å². The Morgan fingerprint density at radius 2 is 2.26 bits per heavy atom. The smallest absolute Gasteiger partial charge is 0.244 e. The average molecular weight is 314 g/mol. The summed E-state index contributed by atoms with van der Waals surface area (Å²) in [5.41, 5.74) is 0.914. The zero-order valence-electron chi connectivity index (χ0n) is 13.1. The third-order valence-electron chi connectivity index (χ3n) is 4.13. The molecule has 1 aliphatic heterocycles. The molecule has 0 radical (unpaired) electrons. The largest absolute Gasteiger partial charge is 0.332 e. The third-order valence-corrected chi connectivity index (χ3v) is 4.13. The van der Waals surface area contributed by atoms with Crippen LogP contribution in [0.5, 0.6) is 0 Å². The topological polar surface area (TPSA) is 75.9 Å². The van der Waals surface area contributed by atoms with Gasteiger partial charge in [-0.15, -0.1) is 5.10 Å². The van der Waals surface area contributed by atoms with Gasteiger partial charge in [0.25, 0.3) is 0 Å². The van der Waals surface area contributed by atoms with Gasteiger partial charge in [0.05, 0.1) is 18.4 Å². The molecule has 0 spiro atoms. The molecule has 1 aliphatic rings. The number of nitrogens with zero attached hydrogens (tertiary/aromatic N) is 5. The summed E-state index contributed by atoms with van der Waals surface area (Å²) >= 11 is 0. The Morgan fingerprint density at radius 1 is 1.30 bits per heavy atom. The van der Waals surface area contributed by atoms with Crippen molar-refractivity contribution in [3.05, 3.63) is 42.5 Å². The third kappa shape index (κ3) is 4.35. The lowest BCUT2D eigenvalue weighted by atomic mass is 10.1. The first-order valence-corrected chi connectivity index (χ1v) is 8.07. The maximum absolute atomic E-state index is 12.8. The summed E-state index contributed by atoms with van der Waals surface area (Å²) in [6.45, 7) is 2.72. The highest BCUT2D eigenvalue weighted by Gasteiger charge is 2.25. The Morgan fingerprint density at radius 3 is 3.04 bits per heavy atom. The molecule has 0 bridgehead atoms. The highest BCUT2D eigenvalue weighted by molar-refractivity contribution is 5.76. The van der Waals surface area contributed by atoms with E-state index < -0.39 is 0 Å². The first-order valence-electron chi connectivity index (χ1n) is 8.07. The van der Waals surface area contributed by atoms with Gasteiger partial charge in [-0.05, 0) is 44.5 Å². The molecule has 1 saturated heterocycles. The van der Waals surface area contributed by atoms with Crippen LogP contribution in [0.4, 0.5) is 0 Å². The highest BCUT2D eigenvalue weighted by Crippen LogP contribution is 2.17. The standard InChI is InChI=1S/C16H22N6O/c23-16(13-21-11-10-19-20-21)22(12-14-4-1-2-8-18-14)15-5-3-7-17-9-6-15/h1-2,4,8,10-11,15,17H,3,5-7,9,12-13H2/t15-/m0/s1. The van der Waals surface area contributed by atoms with Gasteiger partial charge in [0, 0.05) is 18.4 Å². The Kier molecular flexibility index (Phi) is 5.31. The van der Waals surface area contributed by atoms with Crippen LogP contribution in [-0.2, 0) is 17.9 Å². The fourth-order valence-electron chi connectivity index (χ4n) is 2.95. The first kappa shape index (κ1) is 15.6. The van der Waals surface area contributed by atoms with E-state index in [4.69, 9.17) is 0 Å². The second-order valence-electron chi connectivity index (χ2n) is 5.78. The molecule has 1 N–H and O–H groups in total. The van der Waals surface area contributed by atoms with Gasteiger partial charge >= 0.3 is 0 Å². The molecule has 0 unspecified atom stereocenters. The van der Waals surface area contributed by atoms with Crippen LogP contribution in [0.25, 0.3) is 0 Å². The molecule has 3 heterocycles. The van der Waals surface area contributed by atoms with Gasteiger partial charge in [0.15, 0.2) is 0 Å². The quantitative estimate of drug-likeness (QED) is 0.885. The number of pyridine rings is 1. The number of amides is 1. The normalized spacial score (nSPS) is 18.3. The number of aromatic nitrogens is 4. The number of rotatable bonds is 5. The molecule has 0 aromatic carbocycles. The first-order chi connectivity index (χ1) is 11.3. The Labute approximate surface area is 135 Å². The summed E-state index contributed by atoms with van der Waals surface area (Å²) in [4.78, 5) is 19.1. The zero-order valence-corrected chi connectivity index (χ0v) is 13.1. The predicted molar refractivity (Wildman–Crippen MR) is 85.3 cm³/mol. The maximum atomic E-state index is 12.8. The van der Waals surface area contributed by atoms with E-state index in [-0.39, 0.29) is 18.5 Å². The lowest BCUT2D eigenvalue weighted by Crippen LogP contribution is -2.42. The van der Waals surface area contributed by atoms with E-state index in [1.54, 1.807) is 23.3 Å². The van der Waals surface area contributed by atoms with Gasteiger partial charge in [-0.2, -0.15) is 0 Å². The van der Waals surface area contributed by atoms with Crippen molar-refractivity contribution in [1.29, 1.82) is 0 Å². The van der Waals surface area contributed by atoms with E-state index in [0.29, 0.717) is 6.54 Å². The summed E-state index contributed by atoms with van der Waals surface area (Å²) in [7, 11) is 0. The Balaban J connectivity index is 1.75. The number of carbonyl (C=O) groups excluding carboxylic acids is 1. The maximum Gasteiger partial charge on any atom is 0.244 e. The molecule has 1 atom stereocenters. The SMILES string of the molecule is O=C(Cn1ccnn1)N(Cc1ccccn1)[C@H]1CCCNCC1. The summed E-state index contributed by atoms with van der Waals surface area (Å²) in [6, 6.07) is 6.05. The monoisotopic (exact) mass is 314 g/mol. The number of hydrogen-bond acceptors (Lipinski definition) is 5.